The van der Waals surface area contributed by atoms with Gasteiger partial charge in [-0.1, -0.05) is 49.7 Å². The van der Waals surface area contributed by atoms with Crippen molar-refractivity contribution < 1.29 is 47.5 Å². The quantitative estimate of drug-likeness (QED) is 0.0371. The number of amides is 10. The molecule has 2 aromatic carbocycles. The van der Waals surface area contributed by atoms with E-state index < -0.39 is 108 Å². The lowest BCUT2D eigenvalue weighted by atomic mass is 10.0. The minimum Gasteiger partial charge on any atom is -0.370 e. The van der Waals surface area contributed by atoms with Crippen LogP contribution in [0.3, 0.4) is 0 Å². The van der Waals surface area contributed by atoms with Crippen LogP contribution in [0.15, 0.2) is 64.7 Å². The highest BCUT2D eigenvalue weighted by molar-refractivity contribution is 6.03. The highest BCUT2D eigenvalue weighted by Crippen LogP contribution is 2.20. The van der Waals surface area contributed by atoms with Crippen molar-refractivity contribution in [3.8, 4) is 0 Å². The highest BCUT2D eigenvalue weighted by atomic mass is 19.1. The third-order valence-electron chi connectivity index (χ3n) is 12.1. The predicted molar refractivity (Wildman–Crippen MR) is 277 cm³/mol. The maximum Gasteiger partial charge on any atom is 0.324 e. The largest absolute Gasteiger partial charge is 0.370 e. The Bertz CT molecular complexity index is 2550. The van der Waals surface area contributed by atoms with Crippen molar-refractivity contribution in [2.45, 2.75) is 127 Å². The third-order valence-corrected chi connectivity index (χ3v) is 12.1. The van der Waals surface area contributed by atoms with Crippen LogP contribution in [0.1, 0.15) is 89.2 Å². The zero-order valence-electron chi connectivity index (χ0n) is 42.3. The molecule has 0 unspecified atom stereocenters. The number of carbonyl (C=O) groups is 9. The number of benzene rings is 2. The molecule has 25 nitrogen and oxygen atoms in total. The van der Waals surface area contributed by atoms with Crippen molar-refractivity contribution in [3.05, 3.63) is 71.7 Å². The van der Waals surface area contributed by atoms with Gasteiger partial charge < -0.3 is 70.9 Å². The number of hydrogen-bond donors (Lipinski definition) is 13. The fraction of sp³-hybridized carbons (Fsp3) is 0.490. The fourth-order valence-electron chi connectivity index (χ4n) is 8.19. The molecule has 18 N–H and O–H groups in total. The van der Waals surface area contributed by atoms with Crippen molar-refractivity contribution in [1.82, 2.24) is 47.1 Å². The van der Waals surface area contributed by atoms with Crippen LogP contribution >= 0.6 is 0 Å². The van der Waals surface area contributed by atoms with Gasteiger partial charge in [0.2, 0.25) is 41.4 Å². The molecule has 0 spiro atoms. The number of aromatic nitrogens is 1. The standard InChI is InChI=1S/C49H71FN16O9/c1-3-4-23-66-46(74)39(64-42(70)35(60-28(2)67)18-11-21-57-47(52)53)26-40(68)56-20-10-9-17-34(41(51)69)61-44(72)37(25-30-27-59-33-16-8-6-14-31(30)33)63-43(71)36(19-12-22-58-48(54)55)62-45(73)38(65-49(66)75)24-29-13-5-7-15-32(29)50/h5-8,13-16,27,34-39,59H,3-4,9-12,17-26H2,1-2H3,(H2,51,69)(H,56,68)(H,60,67)(H,61,72)(H,62,73)(H,63,71)(H,64,70)(H,65,75)(H4,52,53,57)(H4,54,55,58)/t34-,35-,36-,37-,38+,39-/m0/s1. The first kappa shape index (κ1) is 59.2. The Hall–Kier alpha value is -8.32. The van der Waals surface area contributed by atoms with Gasteiger partial charge in [0.1, 0.15) is 42.1 Å². The average Bonchev–Trinajstić information content (AvgIpc) is 3.76. The maximum absolute atomic E-state index is 15.4. The summed E-state index contributed by atoms with van der Waals surface area (Å²) in [5.74, 6) is -8.04. The molecule has 1 saturated heterocycles. The molecule has 0 aliphatic carbocycles. The van der Waals surface area contributed by atoms with E-state index in [1.807, 2.05) is 18.2 Å². The number of halogens is 1. The number of H-pyrrole nitrogens is 1. The molecular formula is C49H71FN16O9. The number of para-hydroxylation sites is 1. The number of nitrogens with two attached hydrogens (primary N) is 5. The topological polar surface area (TPSA) is 412 Å². The molecule has 75 heavy (non-hydrogen) atoms. The summed E-state index contributed by atoms with van der Waals surface area (Å²) in [6, 6.07) is 2.72. The van der Waals surface area contributed by atoms with Crippen LogP contribution in [0.4, 0.5) is 9.18 Å². The zero-order chi connectivity index (χ0) is 55.0. The van der Waals surface area contributed by atoms with E-state index in [9.17, 15) is 43.2 Å². The number of carbonyl (C=O) groups excluding carboxylic acids is 9. The number of unbranched alkanes of at least 4 members (excludes halogenated alkanes) is 1. The summed E-state index contributed by atoms with van der Waals surface area (Å²) in [4.78, 5) is 137. The highest BCUT2D eigenvalue weighted by Gasteiger charge is 2.37. The van der Waals surface area contributed by atoms with Gasteiger partial charge in [0, 0.05) is 63.0 Å². The number of fused-ring (bicyclic) bond motifs is 1. The SMILES string of the molecule is CCCCN1C(=O)N[C@H](Cc2ccccc2F)C(=O)N[C@@H](CCCN=C(N)N)C(=O)N[C@@H](Cc2c[nH]c3ccccc23)C(=O)N[C@H](C(N)=O)CCCCNC(=O)C[C@H](NC(=O)[C@H](CCCN=C(N)N)NC(C)=O)C1=O. The van der Waals surface area contributed by atoms with E-state index in [1.54, 1.807) is 19.2 Å². The average molecular weight is 1050 g/mol. The van der Waals surface area contributed by atoms with E-state index in [0.717, 1.165) is 21.9 Å². The zero-order valence-corrected chi connectivity index (χ0v) is 42.3. The Morgan fingerprint density at radius 2 is 1.40 bits per heavy atom. The number of hydrogen-bond acceptors (Lipinski definition) is 11. The number of guanidine groups is 2. The Kier molecular flexibility index (Phi) is 23.7. The summed E-state index contributed by atoms with van der Waals surface area (Å²) in [6.45, 7) is 2.75. The number of primary amides is 1. The van der Waals surface area contributed by atoms with Crippen molar-refractivity contribution in [3.63, 3.8) is 0 Å². The molecule has 10 amide bonds. The van der Waals surface area contributed by atoms with Gasteiger partial charge in [0.25, 0.3) is 5.91 Å². The molecule has 1 aromatic heterocycles. The molecule has 2 heterocycles. The van der Waals surface area contributed by atoms with Crippen molar-refractivity contribution in [1.29, 1.82) is 0 Å². The number of aliphatic imine (C=N–C) groups is 2. The predicted octanol–water partition coefficient (Wildman–Crippen LogP) is -1.47. The van der Waals surface area contributed by atoms with E-state index in [2.05, 4.69) is 52.2 Å². The summed E-state index contributed by atoms with van der Waals surface area (Å²) in [7, 11) is 0. The molecule has 1 aliphatic heterocycles. The Morgan fingerprint density at radius 3 is 2.08 bits per heavy atom. The van der Waals surface area contributed by atoms with Crippen LogP contribution in [0.5, 0.6) is 0 Å². The smallest absolute Gasteiger partial charge is 0.324 e. The van der Waals surface area contributed by atoms with Crippen LogP contribution in [-0.2, 0) is 51.2 Å². The van der Waals surface area contributed by atoms with Gasteiger partial charge >= 0.3 is 6.03 Å². The van der Waals surface area contributed by atoms with Crippen LogP contribution < -0.4 is 65.9 Å². The maximum atomic E-state index is 15.4. The summed E-state index contributed by atoms with van der Waals surface area (Å²) in [5.41, 5.74) is 29.1. The molecule has 4 rings (SSSR count). The number of nitrogens with one attached hydrogen (secondary N) is 8. The van der Waals surface area contributed by atoms with Gasteiger partial charge in [0.05, 0.1) is 6.42 Å². The van der Waals surface area contributed by atoms with E-state index in [-0.39, 0.29) is 101 Å². The third kappa shape index (κ3) is 19.6. The van der Waals surface area contributed by atoms with Gasteiger partial charge in [-0.2, -0.15) is 0 Å². The Morgan fingerprint density at radius 1 is 0.773 bits per heavy atom. The van der Waals surface area contributed by atoms with E-state index in [1.165, 1.54) is 25.1 Å². The van der Waals surface area contributed by atoms with E-state index >= 15 is 4.39 Å². The van der Waals surface area contributed by atoms with Crippen molar-refractivity contribution in [2.24, 2.45) is 38.7 Å². The first-order valence-corrected chi connectivity index (χ1v) is 24.8. The van der Waals surface area contributed by atoms with Gasteiger partial charge in [-0.3, -0.25) is 53.2 Å². The molecule has 0 saturated carbocycles. The molecule has 0 radical (unpaired) electrons. The van der Waals surface area contributed by atoms with Crippen LogP contribution in [0.25, 0.3) is 10.9 Å². The van der Waals surface area contributed by atoms with Gasteiger partial charge in [0.15, 0.2) is 11.9 Å². The molecule has 26 heteroatoms. The summed E-state index contributed by atoms with van der Waals surface area (Å²) in [5, 5.41) is 19.0. The normalized spacial score (nSPS) is 20.1. The summed E-state index contributed by atoms with van der Waals surface area (Å²) >= 11 is 0. The minimum atomic E-state index is -1.74. The lowest BCUT2D eigenvalue weighted by Crippen LogP contribution is -2.61. The van der Waals surface area contributed by atoms with Gasteiger partial charge in [-0.25, -0.2) is 9.18 Å². The van der Waals surface area contributed by atoms with Crippen LogP contribution in [0.2, 0.25) is 0 Å². The molecule has 1 fully saturated rings. The second-order valence-corrected chi connectivity index (χ2v) is 18.1. The molecule has 3 aromatic rings. The monoisotopic (exact) mass is 1050 g/mol. The first-order chi connectivity index (χ1) is 35.8. The number of aromatic amines is 1. The van der Waals surface area contributed by atoms with E-state index in [0.29, 0.717) is 12.0 Å². The molecule has 0 bridgehead atoms. The molecule has 1 aliphatic rings. The van der Waals surface area contributed by atoms with Crippen molar-refractivity contribution in [2.75, 3.05) is 26.2 Å². The Labute approximate surface area is 433 Å². The number of nitrogens with zero attached hydrogens (tertiary/aromatic N) is 3. The number of rotatable bonds is 19. The van der Waals surface area contributed by atoms with Crippen molar-refractivity contribution >= 4 is 76.1 Å². The summed E-state index contributed by atoms with van der Waals surface area (Å²) in [6.07, 6.45) is 1.63. The van der Waals surface area contributed by atoms with Gasteiger partial charge in [-0.15, -0.1) is 0 Å². The number of imide groups is 1. The lowest BCUT2D eigenvalue weighted by Gasteiger charge is -2.30. The second kappa shape index (κ2) is 30.0. The van der Waals surface area contributed by atoms with Crippen LogP contribution in [0, 0.1) is 5.82 Å². The number of urea groups is 1. The molecule has 6 atom stereocenters. The van der Waals surface area contributed by atoms with Gasteiger partial charge in [-0.05, 0) is 74.6 Å². The summed E-state index contributed by atoms with van der Waals surface area (Å²) < 4.78 is 15.4. The van der Waals surface area contributed by atoms with E-state index in [4.69, 9.17) is 28.7 Å². The second-order valence-electron chi connectivity index (χ2n) is 18.1. The molecule has 408 valence electrons. The van der Waals surface area contributed by atoms with Crippen LogP contribution in [-0.4, -0.2) is 138 Å². The first-order valence-electron chi connectivity index (χ1n) is 24.8. The molecular weight excluding hydrogens is 976 g/mol. The Balaban J connectivity index is 1.81. The lowest BCUT2D eigenvalue weighted by molar-refractivity contribution is -0.137. The fourth-order valence-corrected chi connectivity index (χ4v) is 8.19. The minimum absolute atomic E-state index is 0.00393.